The third-order valence-electron chi connectivity index (χ3n) is 7.65. The number of carbonyl (C=O) groups is 3. The molecule has 1 aromatic heterocycles. The topological polar surface area (TPSA) is 105 Å². The molecular weight excluding hydrogens is 410 g/mol. The molecule has 3 fully saturated rings. The van der Waals surface area contributed by atoms with E-state index in [-0.39, 0.29) is 41.9 Å². The van der Waals surface area contributed by atoms with Crippen LogP contribution in [-0.4, -0.2) is 61.4 Å². The van der Waals surface area contributed by atoms with Crippen LogP contribution in [0, 0.1) is 5.92 Å². The van der Waals surface area contributed by atoms with Gasteiger partial charge in [0.05, 0.1) is 16.9 Å². The molecule has 1 aliphatic carbocycles. The first-order valence-corrected chi connectivity index (χ1v) is 11.3. The zero-order valence-electron chi connectivity index (χ0n) is 17.9. The van der Waals surface area contributed by atoms with Crippen molar-refractivity contribution in [3.05, 3.63) is 40.4 Å². The number of rotatable bonds is 3. The highest BCUT2D eigenvalue weighted by Crippen LogP contribution is 2.42. The minimum Gasteiger partial charge on any atom is -0.333 e. The monoisotopic (exact) mass is 435 g/mol. The van der Waals surface area contributed by atoms with Gasteiger partial charge in [-0.05, 0) is 50.7 Å². The Labute approximate surface area is 184 Å². The van der Waals surface area contributed by atoms with Crippen LogP contribution >= 0.6 is 0 Å². The fourth-order valence-electron chi connectivity index (χ4n) is 5.74. The van der Waals surface area contributed by atoms with Gasteiger partial charge in [-0.1, -0.05) is 12.1 Å². The van der Waals surface area contributed by atoms with Gasteiger partial charge in [-0.2, -0.15) is 0 Å². The maximum atomic E-state index is 13.4. The summed E-state index contributed by atoms with van der Waals surface area (Å²) >= 11 is 0. The van der Waals surface area contributed by atoms with E-state index in [0.29, 0.717) is 29.7 Å². The molecule has 1 N–H and O–H groups in total. The third kappa shape index (κ3) is 2.73. The van der Waals surface area contributed by atoms with Crippen molar-refractivity contribution in [3.8, 4) is 0 Å². The van der Waals surface area contributed by atoms with E-state index in [9.17, 15) is 19.2 Å². The zero-order valence-corrected chi connectivity index (χ0v) is 17.9. The van der Waals surface area contributed by atoms with Crippen molar-refractivity contribution in [2.45, 2.75) is 63.2 Å². The van der Waals surface area contributed by atoms with Gasteiger partial charge in [-0.25, -0.2) is 9.78 Å². The van der Waals surface area contributed by atoms with E-state index in [1.165, 1.54) is 0 Å². The predicted molar refractivity (Wildman–Crippen MR) is 115 cm³/mol. The Kier molecular flexibility index (Phi) is 4.03. The number of benzene rings is 1. The number of fused-ring (bicyclic) bond motifs is 4. The maximum Gasteiger partial charge on any atom is 0.325 e. The minimum atomic E-state index is -0.900. The Hall–Kier alpha value is -3.23. The Morgan fingerprint density at radius 3 is 2.66 bits per heavy atom. The number of hydrogen-bond acceptors (Lipinski definition) is 5. The lowest BCUT2D eigenvalue weighted by atomic mass is 9.96. The molecule has 0 radical (unpaired) electrons. The fourth-order valence-corrected chi connectivity index (χ4v) is 5.74. The largest absolute Gasteiger partial charge is 0.333 e. The van der Waals surface area contributed by atoms with E-state index in [2.05, 4.69) is 5.32 Å². The molecule has 9 heteroatoms. The lowest BCUT2D eigenvalue weighted by Gasteiger charge is -2.29. The molecule has 4 heterocycles. The Bertz CT molecular complexity index is 1230. The van der Waals surface area contributed by atoms with Crippen molar-refractivity contribution in [1.82, 2.24) is 24.7 Å². The van der Waals surface area contributed by atoms with Gasteiger partial charge in [0.1, 0.15) is 17.9 Å². The van der Waals surface area contributed by atoms with Gasteiger partial charge in [-0.3, -0.25) is 23.9 Å². The lowest BCUT2D eigenvalue weighted by molar-refractivity contribution is -0.140. The summed E-state index contributed by atoms with van der Waals surface area (Å²) in [5.74, 6) is 0.282. The summed E-state index contributed by atoms with van der Waals surface area (Å²) in [6.45, 7) is 1.87. The van der Waals surface area contributed by atoms with Crippen molar-refractivity contribution in [2.24, 2.45) is 5.92 Å². The number of hydrogen-bond donors (Lipinski definition) is 1. The molecule has 1 aromatic carbocycles. The van der Waals surface area contributed by atoms with Crippen molar-refractivity contribution < 1.29 is 14.4 Å². The van der Waals surface area contributed by atoms with Crippen LogP contribution < -0.4 is 10.9 Å². The molecule has 0 unspecified atom stereocenters. The predicted octanol–water partition coefficient (Wildman–Crippen LogP) is 1.03. The van der Waals surface area contributed by atoms with E-state index >= 15 is 0 Å². The van der Waals surface area contributed by atoms with Crippen molar-refractivity contribution in [2.75, 3.05) is 6.54 Å². The summed E-state index contributed by atoms with van der Waals surface area (Å²) < 4.78 is 1.70. The SMILES string of the molecule is C[C@]1(C2CC2)NC(=O)N(CC(=O)N2[C@H]3CC[C@H]2Cn2c(nc4ccccc4c2=O)C3)C1=O. The Balaban J connectivity index is 1.28. The first kappa shape index (κ1) is 19.5. The van der Waals surface area contributed by atoms with Crippen LogP contribution in [-0.2, 0) is 22.6 Å². The van der Waals surface area contributed by atoms with Crippen LogP contribution in [0.2, 0.25) is 0 Å². The second kappa shape index (κ2) is 6.63. The summed E-state index contributed by atoms with van der Waals surface area (Å²) in [6.07, 6.45) is 3.92. The van der Waals surface area contributed by atoms with Gasteiger partial charge in [-0.15, -0.1) is 0 Å². The number of nitrogens with zero attached hydrogens (tertiary/aromatic N) is 4. The van der Waals surface area contributed by atoms with E-state index in [1.807, 2.05) is 18.2 Å². The second-order valence-electron chi connectivity index (χ2n) is 9.65. The van der Waals surface area contributed by atoms with Crippen molar-refractivity contribution in [3.63, 3.8) is 0 Å². The van der Waals surface area contributed by atoms with Gasteiger partial charge < -0.3 is 10.2 Å². The lowest BCUT2D eigenvalue weighted by Crippen LogP contribution is -2.49. The Morgan fingerprint density at radius 2 is 1.88 bits per heavy atom. The first-order valence-electron chi connectivity index (χ1n) is 11.3. The molecule has 3 aliphatic heterocycles. The van der Waals surface area contributed by atoms with Crippen LogP contribution in [0.1, 0.15) is 38.4 Å². The Morgan fingerprint density at radius 1 is 1.12 bits per heavy atom. The highest BCUT2D eigenvalue weighted by molar-refractivity contribution is 6.09. The van der Waals surface area contributed by atoms with Crippen molar-refractivity contribution in [1.29, 1.82) is 0 Å². The van der Waals surface area contributed by atoms with Gasteiger partial charge in [0.25, 0.3) is 11.5 Å². The molecule has 9 nitrogen and oxygen atoms in total. The molecular formula is C23H25N5O4. The number of aromatic nitrogens is 2. The van der Waals surface area contributed by atoms with E-state index in [0.717, 1.165) is 30.6 Å². The minimum absolute atomic E-state index is 0.0835. The van der Waals surface area contributed by atoms with Crippen molar-refractivity contribution >= 4 is 28.7 Å². The zero-order chi connectivity index (χ0) is 22.2. The molecule has 2 aromatic rings. The quantitative estimate of drug-likeness (QED) is 0.726. The number of para-hydroxylation sites is 1. The maximum absolute atomic E-state index is 13.4. The normalized spacial score (nSPS) is 29.3. The van der Waals surface area contributed by atoms with Gasteiger partial charge >= 0.3 is 6.03 Å². The summed E-state index contributed by atoms with van der Waals surface area (Å²) in [5, 5.41) is 3.38. The molecule has 1 saturated carbocycles. The first-order chi connectivity index (χ1) is 15.4. The third-order valence-corrected chi connectivity index (χ3v) is 7.65. The summed E-state index contributed by atoms with van der Waals surface area (Å²) in [7, 11) is 0. The molecule has 4 amide bonds. The molecule has 2 saturated heterocycles. The number of carbonyl (C=O) groups excluding carboxylic acids is 3. The highest BCUT2D eigenvalue weighted by Gasteiger charge is 2.56. The van der Waals surface area contributed by atoms with Gasteiger partial charge in [0.2, 0.25) is 5.91 Å². The fraction of sp³-hybridized carbons (Fsp3) is 0.522. The van der Waals surface area contributed by atoms with E-state index < -0.39 is 11.6 Å². The second-order valence-corrected chi connectivity index (χ2v) is 9.65. The average Bonchev–Trinajstić information content (AvgIpc) is 3.53. The highest BCUT2D eigenvalue weighted by atomic mass is 16.2. The molecule has 166 valence electrons. The van der Waals surface area contributed by atoms with Crippen LogP contribution in [0.4, 0.5) is 4.79 Å². The van der Waals surface area contributed by atoms with Gasteiger partial charge in [0.15, 0.2) is 0 Å². The molecule has 3 atom stereocenters. The summed E-state index contributed by atoms with van der Waals surface area (Å²) in [6, 6.07) is 6.56. The molecule has 4 aliphatic rings. The molecule has 32 heavy (non-hydrogen) atoms. The van der Waals surface area contributed by atoms with Crippen LogP contribution in [0.25, 0.3) is 10.9 Å². The summed E-state index contributed by atoms with van der Waals surface area (Å²) in [5.41, 5.74) is -0.319. The average molecular weight is 435 g/mol. The smallest absolute Gasteiger partial charge is 0.325 e. The molecule has 0 spiro atoms. The number of imide groups is 1. The summed E-state index contributed by atoms with van der Waals surface area (Å²) in [4.78, 5) is 59.5. The molecule has 2 bridgehead atoms. The number of nitrogens with one attached hydrogen (secondary N) is 1. The molecule has 6 rings (SSSR count). The van der Waals surface area contributed by atoms with E-state index in [4.69, 9.17) is 4.98 Å². The standard InChI is InChI=1S/C23H25N5O4/c1-23(13-6-7-13)21(31)27(22(32)25-23)12-19(29)28-14-8-9-15(28)11-26-18(10-14)24-17-5-3-2-4-16(17)20(26)30/h2-5,13-15H,6-12H2,1H3,(H,25,32)/t14-,15-,23+/m0/s1. The van der Waals surface area contributed by atoms with Crippen LogP contribution in [0.5, 0.6) is 0 Å². The van der Waals surface area contributed by atoms with Crippen LogP contribution in [0.3, 0.4) is 0 Å². The number of amides is 4. The van der Waals surface area contributed by atoms with Gasteiger partial charge in [0, 0.05) is 19.0 Å². The number of urea groups is 1. The van der Waals surface area contributed by atoms with Crippen LogP contribution in [0.15, 0.2) is 29.1 Å². The van der Waals surface area contributed by atoms with E-state index in [1.54, 1.807) is 22.5 Å².